The van der Waals surface area contributed by atoms with Crippen LogP contribution in [0.15, 0.2) is 24.3 Å². The molecule has 24 heavy (non-hydrogen) atoms. The van der Waals surface area contributed by atoms with Gasteiger partial charge in [-0.3, -0.25) is 4.79 Å². The van der Waals surface area contributed by atoms with Gasteiger partial charge in [-0.2, -0.15) is 0 Å². The van der Waals surface area contributed by atoms with Gasteiger partial charge in [0.1, 0.15) is 0 Å². The third-order valence-corrected chi connectivity index (χ3v) is 4.70. The highest BCUT2D eigenvalue weighted by Crippen LogP contribution is 2.67. The molecule has 1 fully saturated rings. The molecule has 1 aromatic heterocycles. The maximum Gasteiger partial charge on any atom is 0.303 e. The molecule has 0 radical (unpaired) electrons. The number of hydrogen-bond donors (Lipinski definition) is 3. The molecule has 0 amide bonds. The van der Waals surface area contributed by atoms with Crippen LogP contribution in [0.5, 0.6) is 0 Å². The van der Waals surface area contributed by atoms with Crippen molar-refractivity contribution < 1.29 is 9.90 Å². The number of rotatable bonds is 3. The predicted octanol–water partition coefficient (Wildman–Crippen LogP) is 4.43. The summed E-state index contributed by atoms with van der Waals surface area (Å²) in [6.07, 6.45) is 0.261. The lowest BCUT2D eigenvalue weighted by Gasteiger charge is -2.06. The van der Waals surface area contributed by atoms with E-state index in [0.717, 1.165) is 5.52 Å². The number of aromatic amines is 1. The van der Waals surface area contributed by atoms with Crippen molar-refractivity contribution in [2.24, 2.45) is 17.1 Å². The summed E-state index contributed by atoms with van der Waals surface area (Å²) in [5, 5.41) is 10.3. The average molecular weight is 330 g/mol. The number of nitrogens with one attached hydrogen (secondary N) is 1. The van der Waals surface area contributed by atoms with Gasteiger partial charge in [0.2, 0.25) is 0 Å². The second-order valence-electron chi connectivity index (χ2n) is 8.58. The van der Waals surface area contributed by atoms with E-state index >= 15 is 0 Å². The molecule has 0 unspecified atom stereocenters. The van der Waals surface area contributed by atoms with Crippen LogP contribution in [0.25, 0.3) is 10.9 Å². The zero-order chi connectivity index (χ0) is 18.3. The first-order chi connectivity index (χ1) is 10.9. The van der Waals surface area contributed by atoms with Crippen LogP contribution >= 0.6 is 0 Å². The molecule has 0 bridgehead atoms. The highest BCUT2D eigenvalue weighted by atomic mass is 16.4. The lowest BCUT2D eigenvalue weighted by atomic mass is 10.0. The van der Waals surface area contributed by atoms with Crippen molar-refractivity contribution in [3.8, 4) is 0 Å². The zero-order valence-corrected chi connectivity index (χ0v) is 15.6. The van der Waals surface area contributed by atoms with Crippen molar-refractivity contribution >= 4 is 16.9 Å². The van der Waals surface area contributed by atoms with E-state index in [4.69, 9.17) is 10.8 Å². The van der Waals surface area contributed by atoms with Gasteiger partial charge in [-0.05, 0) is 56.6 Å². The molecule has 2 aromatic rings. The Hall–Kier alpha value is -1.81. The Morgan fingerprint density at radius 2 is 1.83 bits per heavy atom. The van der Waals surface area contributed by atoms with Gasteiger partial charge in [-0.25, -0.2) is 0 Å². The number of aromatic nitrogens is 1. The number of aliphatic carboxylic acids is 1. The van der Waals surface area contributed by atoms with Crippen LogP contribution in [0.1, 0.15) is 58.2 Å². The highest BCUT2D eigenvalue weighted by molar-refractivity contribution is 5.86. The van der Waals surface area contributed by atoms with E-state index in [1.807, 2.05) is 32.9 Å². The summed E-state index contributed by atoms with van der Waals surface area (Å²) in [6.45, 7) is 12.3. The molecule has 0 spiro atoms. The van der Waals surface area contributed by atoms with Crippen LogP contribution in [0.2, 0.25) is 0 Å². The largest absolute Gasteiger partial charge is 0.481 e. The Morgan fingerprint density at radius 1 is 1.29 bits per heavy atom. The molecule has 4 heteroatoms. The van der Waals surface area contributed by atoms with Gasteiger partial charge in [0.05, 0.1) is 0 Å². The van der Waals surface area contributed by atoms with E-state index in [1.165, 1.54) is 16.6 Å². The predicted molar refractivity (Wildman–Crippen MR) is 99.2 cm³/mol. The van der Waals surface area contributed by atoms with Crippen molar-refractivity contribution in [1.29, 1.82) is 0 Å². The molecule has 132 valence electrons. The SMILES string of the molecule is CC(C)(C)N.Cc1[nH]c2ccccc2c1[C@@H]1[C@H](CC(=O)O)C1(C)C. The molecule has 1 aliphatic rings. The molecular weight excluding hydrogens is 300 g/mol. The van der Waals surface area contributed by atoms with E-state index < -0.39 is 5.97 Å². The Balaban J connectivity index is 0.000000368. The van der Waals surface area contributed by atoms with Gasteiger partial charge in [0, 0.05) is 28.6 Å². The lowest BCUT2D eigenvalue weighted by Crippen LogP contribution is -2.26. The van der Waals surface area contributed by atoms with Gasteiger partial charge in [-0.15, -0.1) is 0 Å². The normalized spacial score (nSPS) is 22.0. The fourth-order valence-electron chi connectivity index (χ4n) is 3.59. The Morgan fingerprint density at radius 3 is 2.38 bits per heavy atom. The number of carbonyl (C=O) groups is 1. The molecule has 0 aliphatic heterocycles. The number of para-hydroxylation sites is 1. The zero-order valence-electron chi connectivity index (χ0n) is 15.6. The van der Waals surface area contributed by atoms with Crippen molar-refractivity contribution in [2.75, 3.05) is 0 Å². The van der Waals surface area contributed by atoms with Crippen LogP contribution in [-0.4, -0.2) is 21.6 Å². The number of H-pyrrole nitrogens is 1. The van der Waals surface area contributed by atoms with Crippen molar-refractivity contribution in [2.45, 2.75) is 59.4 Å². The maximum absolute atomic E-state index is 11.0. The third-order valence-electron chi connectivity index (χ3n) is 4.70. The van der Waals surface area contributed by atoms with E-state index in [2.05, 4.69) is 37.9 Å². The molecule has 4 nitrogen and oxygen atoms in total. The number of hydrogen-bond acceptors (Lipinski definition) is 2. The molecule has 3 rings (SSSR count). The molecule has 2 atom stereocenters. The summed E-state index contributed by atoms with van der Waals surface area (Å²) in [7, 11) is 0. The fourth-order valence-corrected chi connectivity index (χ4v) is 3.59. The quantitative estimate of drug-likeness (QED) is 0.778. The Kier molecular flexibility index (Phi) is 4.82. The number of carboxylic acids is 1. The van der Waals surface area contributed by atoms with E-state index in [1.54, 1.807) is 0 Å². The Labute approximate surface area is 144 Å². The van der Waals surface area contributed by atoms with Gasteiger partial charge < -0.3 is 15.8 Å². The summed E-state index contributed by atoms with van der Waals surface area (Å²) in [4.78, 5) is 14.4. The molecule has 1 aromatic carbocycles. The van der Waals surface area contributed by atoms with Crippen molar-refractivity contribution in [3.05, 3.63) is 35.5 Å². The van der Waals surface area contributed by atoms with Crippen LogP contribution in [0.4, 0.5) is 0 Å². The van der Waals surface area contributed by atoms with Gasteiger partial charge in [0.15, 0.2) is 0 Å². The second kappa shape index (κ2) is 6.25. The second-order valence-corrected chi connectivity index (χ2v) is 8.58. The maximum atomic E-state index is 11.0. The van der Waals surface area contributed by atoms with Crippen LogP contribution in [0.3, 0.4) is 0 Å². The van der Waals surface area contributed by atoms with E-state index in [-0.39, 0.29) is 23.3 Å². The van der Waals surface area contributed by atoms with Crippen LogP contribution < -0.4 is 5.73 Å². The van der Waals surface area contributed by atoms with Crippen molar-refractivity contribution in [1.82, 2.24) is 4.98 Å². The smallest absolute Gasteiger partial charge is 0.303 e. The lowest BCUT2D eigenvalue weighted by molar-refractivity contribution is -0.137. The van der Waals surface area contributed by atoms with Crippen molar-refractivity contribution in [3.63, 3.8) is 0 Å². The number of carboxylic acid groups (broad SMARTS) is 1. The van der Waals surface area contributed by atoms with E-state index in [9.17, 15) is 4.79 Å². The van der Waals surface area contributed by atoms with Crippen LogP contribution in [-0.2, 0) is 4.79 Å². The molecule has 1 saturated carbocycles. The number of fused-ring (bicyclic) bond motifs is 1. The highest BCUT2D eigenvalue weighted by Gasteiger charge is 2.59. The van der Waals surface area contributed by atoms with Crippen LogP contribution in [0, 0.1) is 18.3 Å². The summed E-state index contributed by atoms with van der Waals surface area (Å²) in [6, 6.07) is 8.27. The summed E-state index contributed by atoms with van der Waals surface area (Å²) in [5.41, 5.74) is 9.06. The first-order valence-electron chi connectivity index (χ1n) is 8.50. The topological polar surface area (TPSA) is 79.1 Å². The first kappa shape index (κ1) is 18.5. The number of nitrogens with two attached hydrogens (primary N) is 1. The minimum absolute atomic E-state index is 0. The number of benzene rings is 1. The molecule has 1 aliphatic carbocycles. The fraction of sp³-hybridized carbons (Fsp3) is 0.550. The standard InChI is InChI=1S/C16H19NO2.C4H11N/c1-9-14(10-6-4-5-7-12(10)17-9)15-11(8-13(18)19)16(15,2)3;1-4(2,3)5/h4-7,11,15,17H,8H2,1-3H3,(H,18,19);5H2,1-3H3/t11-,15-;/m0./s1. The average Bonchev–Trinajstić information content (AvgIpc) is 2.75. The Bertz CT molecular complexity index is 732. The first-order valence-corrected chi connectivity index (χ1v) is 8.50. The summed E-state index contributed by atoms with van der Waals surface area (Å²) >= 11 is 0. The number of aryl methyl sites for hydroxylation is 1. The minimum Gasteiger partial charge on any atom is -0.481 e. The minimum atomic E-state index is -0.696. The van der Waals surface area contributed by atoms with Gasteiger partial charge >= 0.3 is 5.97 Å². The third kappa shape index (κ3) is 3.99. The summed E-state index contributed by atoms with van der Waals surface area (Å²) in [5.74, 6) is -0.110. The monoisotopic (exact) mass is 330 g/mol. The molecular formula is C20H30N2O2. The molecule has 1 heterocycles. The van der Waals surface area contributed by atoms with E-state index in [0.29, 0.717) is 5.92 Å². The van der Waals surface area contributed by atoms with Gasteiger partial charge in [0.25, 0.3) is 0 Å². The molecule has 0 saturated heterocycles. The molecule has 4 N–H and O–H groups in total. The summed E-state index contributed by atoms with van der Waals surface area (Å²) < 4.78 is 0. The van der Waals surface area contributed by atoms with Gasteiger partial charge in [-0.1, -0.05) is 32.0 Å².